The fourth-order valence-corrected chi connectivity index (χ4v) is 1.34. The third-order valence-electron chi connectivity index (χ3n) is 2.16. The van der Waals surface area contributed by atoms with Crippen LogP contribution >= 0.6 is 0 Å². The van der Waals surface area contributed by atoms with E-state index in [-0.39, 0.29) is 6.04 Å². The molecule has 1 aromatic rings. The van der Waals surface area contributed by atoms with Crippen molar-refractivity contribution in [2.45, 2.75) is 32.9 Å². The highest BCUT2D eigenvalue weighted by Crippen LogP contribution is 1.99. The largest absolute Gasteiger partial charge is 0.302 e. The van der Waals surface area contributed by atoms with E-state index in [1.54, 1.807) is 6.20 Å². The Labute approximate surface area is 84.5 Å². The van der Waals surface area contributed by atoms with E-state index in [0.29, 0.717) is 0 Å². The molecule has 0 aliphatic carbocycles. The van der Waals surface area contributed by atoms with Gasteiger partial charge >= 0.3 is 0 Å². The van der Waals surface area contributed by atoms with Gasteiger partial charge in [-0.1, -0.05) is 6.92 Å². The number of hydrogen-bond acceptors (Lipinski definition) is 3. The van der Waals surface area contributed by atoms with Gasteiger partial charge in [-0.25, -0.2) is 0 Å². The highest BCUT2D eigenvalue weighted by molar-refractivity contribution is 4.97. The summed E-state index contributed by atoms with van der Waals surface area (Å²) in [5.41, 5.74) is 1.14. The molecule has 0 spiro atoms. The van der Waals surface area contributed by atoms with Gasteiger partial charge in [0.25, 0.3) is 0 Å². The number of nitrogens with zero attached hydrogens (tertiary/aromatic N) is 3. The van der Waals surface area contributed by atoms with E-state index in [4.69, 9.17) is 5.26 Å². The Bertz CT molecular complexity index is 310. The van der Waals surface area contributed by atoms with Crippen LogP contribution in [0.2, 0.25) is 0 Å². The Morgan fingerprint density at radius 2 is 2.50 bits per heavy atom. The van der Waals surface area contributed by atoms with Crippen molar-refractivity contribution in [1.29, 1.82) is 5.26 Å². The molecule has 0 amide bonds. The highest BCUT2D eigenvalue weighted by atomic mass is 15.3. The van der Waals surface area contributed by atoms with Gasteiger partial charge in [0.15, 0.2) is 0 Å². The van der Waals surface area contributed by atoms with Gasteiger partial charge in [0.05, 0.1) is 12.1 Å². The summed E-state index contributed by atoms with van der Waals surface area (Å²) >= 11 is 0. The molecule has 0 aliphatic rings. The zero-order valence-corrected chi connectivity index (χ0v) is 8.70. The topological polar surface area (TPSA) is 53.6 Å². The summed E-state index contributed by atoms with van der Waals surface area (Å²) < 4.78 is 1.92. The molecule has 1 atom stereocenters. The van der Waals surface area contributed by atoms with Gasteiger partial charge < -0.3 is 5.32 Å². The summed E-state index contributed by atoms with van der Waals surface area (Å²) in [6, 6.07) is 4.13. The van der Waals surface area contributed by atoms with Crippen molar-refractivity contribution in [2.75, 3.05) is 6.54 Å². The van der Waals surface area contributed by atoms with Crippen LogP contribution in [0.25, 0.3) is 0 Å². The molecule has 14 heavy (non-hydrogen) atoms. The first kappa shape index (κ1) is 10.7. The van der Waals surface area contributed by atoms with E-state index in [1.807, 2.05) is 24.6 Å². The molecule has 0 fully saturated rings. The van der Waals surface area contributed by atoms with Crippen molar-refractivity contribution in [3.05, 3.63) is 18.0 Å². The first-order valence-corrected chi connectivity index (χ1v) is 4.89. The Kier molecular flexibility index (Phi) is 4.14. The van der Waals surface area contributed by atoms with Crippen molar-refractivity contribution in [2.24, 2.45) is 0 Å². The third kappa shape index (κ3) is 2.86. The number of nitrogens with one attached hydrogen (secondary N) is 1. The quantitative estimate of drug-likeness (QED) is 0.759. The zero-order chi connectivity index (χ0) is 10.4. The summed E-state index contributed by atoms with van der Waals surface area (Å²) in [6.07, 6.45) is 2.58. The smallest absolute Gasteiger partial charge is 0.0970 e. The Balaban J connectivity index is 2.40. The number of aryl methyl sites for hydroxylation is 2. The maximum atomic E-state index is 8.81. The lowest BCUT2D eigenvalue weighted by Gasteiger charge is -2.10. The lowest BCUT2D eigenvalue weighted by Crippen LogP contribution is -2.28. The van der Waals surface area contributed by atoms with Gasteiger partial charge in [-0.3, -0.25) is 4.68 Å². The molecule has 0 saturated heterocycles. The van der Waals surface area contributed by atoms with Crippen molar-refractivity contribution in [3.8, 4) is 6.07 Å². The minimum atomic E-state index is -0.0661. The molecule has 0 aliphatic heterocycles. The van der Waals surface area contributed by atoms with Crippen LogP contribution in [0.3, 0.4) is 0 Å². The van der Waals surface area contributed by atoms with E-state index in [0.717, 1.165) is 25.2 Å². The molecule has 76 valence electrons. The van der Waals surface area contributed by atoms with Gasteiger partial charge in [-0.05, 0) is 26.0 Å². The van der Waals surface area contributed by atoms with Crippen LogP contribution in [0.1, 0.15) is 19.0 Å². The van der Waals surface area contributed by atoms with E-state index in [2.05, 4.69) is 16.5 Å². The molecule has 1 heterocycles. The van der Waals surface area contributed by atoms with E-state index in [9.17, 15) is 0 Å². The average Bonchev–Trinajstić information content (AvgIpc) is 2.59. The highest BCUT2D eigenvalue weighted by Gasteiger charge is 2.05. The second-order valence-electron chi connectivity index (χ2n) is 3.22. The summed E-state index contributed by atoms with van der Waals surface area (Å²) in [4.78, 5) is 0. The van der Waals surface area contributed by atoms with Gasteiger partial charge in [0.2, 0.25) is 0 Å². The maximum Gasteiger partial charge on any atom is 0.0970 e. The van der Waals surface area contributed by atoms with Crippen LogP contribution in [-0.4, -0.2) is 22.4 Å². The molecule has 1 rings (SSSR count). The molecule has 0 bridgehead atoms. The molecule has 4 heteroatoms. The second kappa shape index (κ2) is 5.40. The number of aromatic nitrogens is 2. The first-order chi connectivity index (χ1) is 6.77. The molecular weight excluding hydrogens is 176 g/mol. The lowest BCUT2D eigenvalue weighted by molar-refractivity contribution is 0.495. The minimum Gasteiger partial charge on any atom is -0.302 e. The summed E-state index contributed by atoms with van der Waals surface area (Å²) in [5.74, 6) is 0. The molecule has 1 aromatic heterocycles. The van der Waals surface area contributed by atoms with Crippen LogP contribution in [0.5, 0.6) is 0 Å². The molecule has 0 saturated carbocycles. The SMILES string of the molecule is CCNC(C#N)CCn1nccc1C. The van der Waals surface area contributed by atoms with Gasteiger partial charge in [0.1, 0.15) is 0 Å². The molecule has 1 N–H and O–H groups in total. The molecule has 1 unspecified atom stereocenters. The average molecular weight is 192 g/mol. The van der Waals surface area contributed by atoms with Crippen LogP contribution in [-0.2, 0) is 6.54 Å². The van der Waals surface area contributed by atoms with Crippen molar-refractivity contribution < 1.29 is 0 Å². The first-order valence-electron chi connectivity index (χ1n) is 4.89. The van der Waals surface area contributed by atoms with Crippen LogP contribution in [0, 0.1) is 18.3 Å². The minimum absolute atomic E-state index is 0.0661. The molecular formula is C10H16N4. The van der Waals surface area contributed by atoms with Crippen LogP contribution in [0.15, 0.2) is 12.3 Å². The fourth-order valence-electron chi connectivity index (χ4n) is 1.34. The lowest BCUT2D eigenvalue weighted by atomic mass is 10.2. The van der Waals surface area contributed by atoms with Crippen LogP contribution in [0.4, 0.5) is 0 Å². The van der Waals surface area contributed by atoms with Gasteiger partial charge in [0, 0.05) is 18.4 Å². The van der Waals surface area contributed by atoms with Crippen molar-refractivity contribution >= 4 is 0 Å². The van der Waals surface area contributed by atoms with E-state index < -0.39 is 0 Å². The maximum absolute atomic E-state index is 8.81. The van der Waals surface area contributed by atoms with Crippen molar-refractivity contribution in [1.82, 2.24) is 15.1 Å². The Hall–Kier alpha value is -1.34. The normalized spacial score (nSPS) is 12.4. The monoisotopic (exact) mass is 192 g/mol. The van der Waals surface area contributed by atoms with E-state index >= 15 is 0 Å². The predicted octanol–water partition coefficient (Wildman–Crippen LogP) is 1.08. The van der Waals surface area contributed by atoms with Crippen molar-refractivity contribution in [3.63, 3.8) is 0 Å². The number of nitriles is 1. The van der Waals surface area contributed by atoms with Crippen LogP contribution < -0.4 is 5.32 Å². The van der Waals surface area contributed by atoms with E-state index in [1.165, 1.54) is 0 Å². The molecule has 0 aromatic carbocycles. The number of hydrogen-bond donors (Lipinski definition) is 1. The van der Waals surface area contributed by atoms with Gasteiger partial charge in [-0.2, -0.15) is 10.4 Å². The standard InChI is InChI=1S/C10H16N4/c1-3-12-10(8-11)5-7-14-9(2)4-6-13-14/h4,6,10,12H,3,5,7H2,1-2H3. The third-order valence-corrected chi connectivity index (χ3v) is 2.16. The summed E-state index contributed by atoms with van der Waals surface area (Å²) in [7, 11) is 0. The molecule has 0 radical (unpaired) electrons. The Morgan fingerprint density at radius 1 is 1.71 bits per heavy atom. The fraction of sp³-hybridized carbons (Fsp3) is 0.600. The predicted molar refractivity (Wildman–Crippen MR) is 54.7 cm³/mol. The Morgan fingerprint density at radius 3 is 3.00 bits per heavy atom. The summed E-state index contributed by atoms with van der Waals surface area (Å²) in [5, 5.41) is 16.1. The number of rotatable bonds is 5. The summed E-state index contributed by atoms with van der Waals surface area (Å²) in [6.45, 7) is 5.64. The zero-order valence-electron chi connectivity index (χ0n) is 8.70. The molecule has 4 nitrogen and oxygen atoms in total. The van der Waals surface area contributed by atoms with Gasteiger partial charge in [-0.15, -0.1) is 0 Å². The second-order valence-corrected chi connectivity index (χ2v) is 3.22.